The summed E-state index contributed by atoms with van der Waals surface area (Å²) in [5.74, 6) is -2.02. The molecule has 2 aromatic heterocycles. The summed E-state index contributed by atoms with van der Waals surface area (Å²) >= 11 is 0. The summed E-state index contributed by atoms with van der Waals surface area (Å²) in [5.41, 5.74) is 1.38. The number of aromatic amines is 2. The van der Waals surface area contributed by atoms with Crippen molar-refractivity contribution in [3.8, 4) is 0 Å². The third-order valence-electron chi connectivity index (χ3n) is 2.98. The van der Waals surface area contributed by atoms with Gasteiger partial charge in [-0.15, -0.1) is 0 Å². The van der Waals surface area contributed by atoms with Gasteiger partial charge >= 0.3 is 11.9 Å². The van der Waals surface area contributed by atoms with Crippen LogP contribution in [0, 0.1) is 0 Å². The molecular formula is C12H16N6O4S2. The van der Waals surface area contributed by atoms with E-state index in [-0.39, 0.29) is 12.8 Å². The van der Waals surface area contributed by atoms with Crippen molar-refractivity contribution in [2.24, 2.45) is 0 Å². The van der Waals surface area contributed by atoms with Crippen LogP contribution in [0.2, 0.25) is 0 Å². The lowest BCUT2D eigenvalue weighted by atomic mass is 10.2. The van der Waals surface area contributed by atoms with E-state index in [1.54, 1.807) is 12.4 Å². The molecule has 10 nitrogen and oxygen atoms in total. The molecule has 130 valence electrons. The molecule has 2 aromatic rings. The molecule has 0 saturated carbocycles. The number of carbonyl (C=O) groups is 2. The smallest absolute Gasteiger partial charge is 0.321 e. The minimum atomic E-state index is -1.01. The van der Waals surface area contributed by atoms with E-state index in [1.165, 1.54) is 12.7 Å². The van der Waals surface area contributed by atoms with Crippen molar-refractivity contribution < 1.29 is 19.8 Å². The van der Waals surface area contributed by atoms with Gasteiger partial charge in [0.15, 0.2) is 0 Å². The van der Waals surface area contributed by atoms with Crippen LogP contribution in [-0.2, 0) is 22.4 Å². The molecule has 0 bridgehead atoms. The van der Waals surface area contributed by atoms with Crippen LogP contribution in [0.4, 0.5) is 0 Å². The Hall–Kier alpha value is -2.02. The molecule has 0 aliphatic rings. The maximum Gasteiger partial charge on any atom is 0.321 e. The number of aromatic nitrogens is 4. The van der Waals surface area contributed by atoms with Gasteiger partial charge in [-0.25, -0.2) is 19.4 Å². The molecule has 12 heteroatoms. The Balaban J connectivity index is 1.76. The zero-order valence-corrected chi connectivity index (χ0v) is 13.9. The van der Waals surface area contributed by atoms with E-state index in [9.17, 15) is 19.8 Å². The van der Waals surface area contributed by atoms with Crippen molar-refractivity contribution in [3.05, 3.63) is 36.4 Å². The fourth-order valence-electron chi connectivity index (χ4n) is 1.76. The van der Waals surface area contributed by atoms with Gasteiger partial charge in [-0.3, -0.25) is 9.59 Å². The highest BCUT2D eigenvalue weighted by Gasteiger charge is 2.21. The van der Waals surface area contributed by atoms with Gasteiger partial charge in [-0.2, -0.15) is 0 Å². The number of aliphatic carboxylic acids is 2. The highest BCUT2D eigenvalue weighted by molar-refractivity contribution is 8.75. The average Bonchev–Trinajstić information content (AvgIpc) is 3.22. The van der Waals surface area contributed by atoms with Crippen LogP contribution < -0.4 is 9.44 Å². The summed E-state index contributed by atoms with van der Waals surface area (Å²) in [4.78, 5) is 35.8. The fraction of sp³-hybridized carbons (Fsp3) is 0.333. The van der Waals surface area contributed by atoms with Crippen molar-refractivity contribution >= 4 is 33.9 Å². The number of carboxylic acid groups (broad SMARTS) is 2. The molecule has 0 radical (unpaired) electrons. The first kappa shape index (κ1) is 18.3. The number of hydrogen-bond donors (Lipinski definition) is 6. The second-order valence-corrected chi connectivity index (χ2v) is 6.55. The second-order valence-electron chi connectivity index (χ2n) is 4.75. The quantitative estimate of drug-likeness (QED) is 0.183. The third kappa shape index (κ3) is 5.88. The Morgan fingerprint density at radius 3 is 1.67 bits per heavy atom. The van der Waals surface area contributed by atoms with E-state index < -0.39 is 24.0 Å². The van der Waals surface area contributed by atoms with Gasteiger partial charge in [-0.1, -0.05) is 0 Å². The van der Waals surface area contributed by atoms with Gasteiger partial charge in [0.25, 0.3) is 0 Å². The minimum Gasteiger partial charge on any atom is -0.480 e. The van der Waals surface area contributed by atoms with E-state index in [4.69, 9.17) is 0 Å². The van der Waals surface area contributed by atoms with E-state index >= 15 is 0 Å². The number of nitrogens with one attached hydrogen (secondary N) is 4. The van der Waals surface area contributed by atoms with E-state index in [2.05, 4.69) is 29.4 Å². The van der Waals surface area contributed by atoms with Gasteiger partial charge in [-0.05, 0) is 0 Å². The molecule has 0 aromatic carbocycles. The number of H-pyrrole nitrogens is 2. The van der Waals surface area contributed by atoms with Crippen molar-refractivity contribution in [1.29, 1.82) is 0 Å². The summed E-state index contributed by atoms with van der Waals surface area (Å²) in [6.07, 6.45) is 6.53. The SMILES string of the molecule is O=C(O)[C@H](Cc1cnc[nH]1)NSSN[C@@H](Cc1cnc[nH]1)C(=O)O. The lowest BCUT2D eigenvalue weighted by molar-refractivity contribution is -0.139. The summed E-state index contributed by atoms with van der Waals surface area (Å²) in [6, 6.07) is -1.67. The van der Waals surface area contributed by atoms with Crippen molar-refractivity contribution in [3.63, 3.8) is 0 Å². The van der Waals surface area contributed by atoms with Crippen LogP contribution in [0.5, 0.6) is 0 Å². The molecule has 2 rings (SSSR count). The lowest BCUT2D eigenvalue weighted by Gasteiger charge is -2.15. The maximum absolute atomic E-state index is 11.2. The Bertz CT molecular complexity index is 580. The van der Waals surface area contributed by atoms with Crippen LogP contribution in [0.1, 0.15) is 11.4 Å². The third-order valence-corrected chi connectivity index (χ3v) is 4.65. The Morgan fingerprint density at radius 2 is 1.38 bits per heavy atom. The normalized spacial score (nSPS) is 13.5. The number of nitrogens with zero attached hydrogens (tertiary/aromatic N) is 2. The number of carboxylic acids is 2. The number of imidazole rings is 2. The number of rotatable bonds is 11. The first-order valence-corrected chi connectivity index (χ1v) is 8.95. The fourth-order valence-corrected chi connectivity index (χ4v) is 3.44. The summed E-state index contributed by atoms with van der Waals surface area (Å²) in [5, 5.41) is 18.4. The first-order chi connectivity index (χ1) is 11.6. The molecular weight excluding hydrogens is 356 g/mol. The molecule has 0 saturated heterocycles. The molecule has 0 unspecified atom stereocenters. The van der Waals surface area contributed by atoms with E-state index in [0.717, 1.165) is 22.0 Å². The van der Waals surface area contributed by atoms with Gasteiger partial charge in [0.05, 0.1) is 12.7 Å². The Kier molecular flexibility index (Phi) is 7.11. The van der Waals surface area contributed by atoms with Crippen molar-refractivity contribution in [2.75, 3.05) is 0 Å². The standard InChI is InChI=1S/C12H16N6O4S2/c19-11(20)9(1-7-3-13-5-15-7)17-23-24-18-10(12(21)22)2-8-4-14-6-16-8/h3-6,9-10,17-18H,1-2H2,(H,13,15)(H,14,16)(H,19,20)(H,21,22)/t9-,10-/m0/s1. The molecule has 0 fully saturated rings. The van der Waals surface area contributed by atoms with Gasteiger partial charge in [0, 0.05) is 58.6 Å². The summed E-state index contributed by atoms with van der Waals surface area (Å²) in [6.45, 7) is 0. The molecule has 0 aliphatic carbocycles. The molecule has 6 N–H and O–H groups in total. The molecule has 0 amide bonds. The average molecular weight is 372 g/mol. The molecule has 0 aliphatic heterocycles. The molecule has 0 spiro atoms. The van der Waals surface area contributed by atoms with E-state index in [1.807, 2.05) is 0 Å². The van der Waals surface area contributed by atoms with Gasteiger partial charge < -0.3 is 20.2 Å². The molecule has 24 heavy (non-hydrogen) atoms. The topological polar surface area (TPSA) is 156 Å². The molecule has 2 atom stereocenters. The lowest BCUT2D eigenvalue weighted by Crippen LogP contribution is -2.36. The van der Waals surface area contributed by atoms with E-state index in [0.29, 0.717) is 11.4 Å². The van der Waals surface area contributed by atoms with Crippen molar-refractivity contribution in [2.45, 2.75) is 24.9 Å². The largest absolute Gasteiger partial charge is 0.480 e. The molecule has 2 heterocycles. The monoisotopic (exact) mass is 372 g/mol. The van der Waals surface area contributed by atoms with Crippen LogP contribution in [0.15, 0.2) is 25.0 Å². The van der Waals surface area contributed by atoms with Crippen LogP contribution in [-0.4, -0.2) is 54.2 Å². The summed E-state index contributed by atoms with van der Waals surface area (Å²) < 4.78 is 5.53. The Labute approximate surface area is 144 Å². The highest BCUT2D eigenvalue weighted by atomic mass is 33.1. The predicted octanol–water partition coefficient (Wildman–Crippen LogP) is 0.215. The first-order valence-electron chi connectivity index (χ1n) is 6.80. The van der Waals surface area contributed by atoms with Crippen LogP contribution >= 0.6 is 22.0 Å². The Morgan fingerprint density at radius 1 is 0.958 bits per heavy atom. The van der Waals surface area contributed by atoms with Crippen LogP contribution in [0.3, 0.4) is 0 Å². The highest BCUT2D eigenvalue weighted by Crippen LogP contribution is 2.17. The van der Waals surface area contributed by atoms with Crippen molar-refractivity contribution in [1.82, 2.24) is 29.4 Å². The predicted molar refractivity (Wildman–Crippen MR) is 88.9 cm³/mol. The maximum atomic E-state index is 11.2. The summed E-state index contributed by atoms with van der Waals surface area (Å²) in [7, 11) is 2.04. The van der Waals surface area contributed by atoms with Gasteiger partial charge in [0.2, 0.25) is 0 Å². The second kappa shape index (κ2) is 9.32. The zero-order valence-electron chi connectivity index (χ0n) is 12.3. The minimum absolute atomic E-state index is 0.236. The van der Waals surface area contributed by atoms with Gasteiger partial charge in [0.1, 0.15) is 12.1 Å². The number of hydrogen-bond acceptors (Lipinski definition) is 8. The zero-order chi connectivity index (χ0) is 17.4. The van der Waals surface area contributed by atoms with Crippen LogP contribution in [0.25, 0.3) is 0 Å².